The number of nitrogens with two attached hydrogens (primary N) is 1. The van der Waals surface area contributed by atoms with Crippen molar-refractivity contribution in [2.24, 2.45) is 5.73 Å². The Labute approximate surface area is 230 Å². The molecular weight excluding hydrogens is 512 g/mol. The van der Waals surface area contributed by atoms with Gasteiger partial charge in [-0.15, -0.1) is 0 Å². The molecule has 0 saturated heterocycles. The molecule has 0 aliphatic carbocycles. The van der Waals surface area contributed by atoms with Crippen LogP contribution in [0.25, 0.3) is 0 Å². The number of hydroxylamine groups is 6. The van der Waals surface area contributed by atoms with E-state index in [9.17, 15) is 39.6 Å². The van der Waals surface area contributed by atoms with Crippen LogP contribution in [0.5, 0.6) is 0 Å². The highest BCUT2D eigenvalue weighted by molar-refractivity contribution is 5.83. The molecule has 0 bridgehead atoms. The van der Waals surface area contributed by atoms with Gasteiger partial charge in [-0.05, 0) is 45.1 Å². The van der Waals surface area contributed by atoms with Gasteiger partial charge in [0.05, 0.1) is 6.54 Å². The second-order valence-corrected chi connectivity index (χ2v) is 9.00. The summed E-state index contributed by atoms with van der Waals surface area (Å²) in [5.41, 5.74) is 5.39. The molecule has 0 atom stereocenters. The number of hydrogen-bond donors (Lipinski definition) is 6. The number of nitrogens with zero attached hydrogens (tertiary/aromatic N) is 3. The van der Waals surface area contributed by atoms with Gasteiger partial charge in [0.1, 0.15) is 0 Å². The van der Waals surface area contributed by atoms with Crippen LogP contribution >= 0.6 is 0 Å². The molecule has 7 N–H and O–H groups in total. The van der Waals surface area contributed by atoms with Crippen molar-refractivity contribution in [3.8, 4) is 0 Å². The summed E-state index contributed by atoms with van der Waals surface area (Å²) in [4.78, 5) is 58.3. The first-order valence-electron chi connectivity index (χ1n) is 13.4. The first-order valence-corrected chi connectivity index (χ1v) is 13.4. The monoisotopic (exact) mass is 558 g/mol. The van der Waals surface area contributed by atoms with E-state index in [0.717, 1.165) is 12.8 Å². The minimum atomic E-state index is -0.600. The number of rotatable bonds is 22. The maximum absolute atomic E-state index is 11.9. The van der Waals surface area contributed by atoms with Gasteiger partial charge in [-0.2, -0.15) is 0 Å². The third-order valence-corrected chi connectivity index (χ3v) is 5.59. The normalized spacial score (nSPS) is 10.8. The highest BCUT2D eigenvalue weighted by Gasteiger charge is 2.13. The highest BCUT2D eigenvalue weighted by Crippen LogP contribution is 2.01. The van der Waals surface area contributed by atoms with E-state index in [0.29, 0.717) is 66.9 Å². The highest BCUT2D eigenvalue weighted by atomic mass is 16.5. The van der Waals surface area contributed by atoms with Crippen molar-refractivity contribution in [2.75, 3.05) is 39.3 Å². The Morgan fingerprint density at radius 1 is 0.667 bits per heavy atom. The van der Waals surface area contributed by atoms with Crippen molar-refractivity contribution in [3.63, 3.8) is 0 Å². The van der Waals surface area contributed by atoms with E-state index in [-0.39, 0.29) is 57.1 Å². The van der Waals surface area contributed by atoms with Gasteiger partial charge in [0.25, 0.3) is 0 Å². The fraction of sp³-hybridized carbons (Fsp3) is 0.720. The summed E-state index contributed by atoms with van der Waals surface area (Å²) < 4.78 is 0. The molecule has 14 nitrogen and oxygen atoms in total. The summed E-state index contributed by atoms with van der Waals surface area (Å²) in [7, 11) is 0. The van der Waals surface area contributed by atoms with Crippen molar-refractivity contribution >= 4 is 29.5 Å². The van der Waals surface area contributed by atoms with Crippen LogP contribution in [0.2, 0.25) is 0 Å². The molecule has 0 unspecified atom stereocenters. The topological polar surface area (TPSA) is 206 Å². The third kappa shape index (κ3) is 20.6. The quantitative estimate of drug-likeness (QED) is 0.0478. The zero-order chi connectivity index (χ0) is 29.5. The van der Waals surface area contributed by atoms with E-state index >= 15 is 0 Å². The summed E-state index contributed by atoms with van der Waals surface area (Å²) in [6.07, 6.45) is 7.58. The summed E-state index contributed by atoms with van der Waals surface area (Å²) in [6, 6.07) is 0. The first kappa shape index (κ1) is 35.9. The largest absolute Gasteiger partial charge is 0.356 e. The van der Waals surface area contributed by atoms with Crippen LogP contribution in [-0.4, -0.2) is 99.6 Å². The number of amides is 5. The first-order chi connectivity index (χ1) is 18.6. The third-order valence-electron chi connectivity index (χ3n) is 5.59. The Morgan fingerprint density at radius 3 is 1.79 bits per heavy atom. The molecule has 0 spiro atoms. The summed E-state index contributed by atoms with van der Waals surface area (Å²) in [6.45, 7) is 2.92. The van der Waals surface area contributed by atoms with Crippen LogP contribution < -0.4 is 16.4 Å². The van der Waals surface area contributed by atoms with Crippen LogP contribution in [0, 0.1) is 0 Å². The van der Waals surface area contributed by atoms with E-state index in [1.165, 1.54) is 6.92 Å². The Bertz CT molecular complexity index is 780. The Morgan fingerprint density at radius 2 is 1.21 bits per heavy atom. The van der Waals surface area contributed by atoms with Gasteiger partial charge in [-0.1, -0.05) is 18.6 Å². The van der Waals surface area contributed by atoms with Gasteiger partial charge in [-0.3, -0.25) is 39.6 Å². The SMILES string of the molecule is CC(=O)N(O)CCCCCNC(=O)CCC(=O)N(O)C/C=C/CCNC(=O)CCC(=O)N(O)CCCCCN. The second kappa shape index (κ2) is 22.9. The predicted molar refractivity (Wildman–Crippen MR) is 141 cm³/mol. The van der Waals surface area contributed by atoms with E-state index in [1.807, 2.05) is 0 Å². The predicted octanol–water partition coefficient (Wildman–Crippen LogP) is 0.698. The summed E-state index contributed by atoms with van der Waals surface area (Å²) in [5, 5.41) is 35.8. The van der Waals surface area contributed by atoms with Gasteiger partial charge in [0, 0.05) is 58.8 Å². The molecule has 14 heteroatoms. The zero-order valence-corrected chi connectivity index (χ0v) is 23.0. The second-order valence-electron chi connectivity index (χ2n) is 9.00. The lowest BCUT2D eigenvalue weighted by Crippen LogP contribution is -2.31. The average molecular weight is 559 g/mol. The van der Waals surface area contributed by atoms with Crippen LogP contribution in [0.4, 0.5) is 0 Å². The smallest absolute Gasteiger partial charge is 0.246 e. The molecule has 0 rings (SSSR count). The van der Waals surface area contributed by atoms with Crippen molar-refractivity contribution in [1.82, 2.24) is 25.8 Å². The van der Waals surface area contributed by atoms with Crippen molar-refractivity contribution in [3.05, 3.63) is 12.2 Å². The molecule has 39 heavy (non-hydrogen) atoms. The van der Waals surface area contributed by atoms with E-state index in [2.05, 4.69) is 10.6 Å². The average Bonchev–Trinajstić information content (AvgIpc) is 2.91. The molecule has 0 saturated carbocycles. The molecule has 0 aliphatic rings. The van der Waals surface area contributed by atoms with E-state index < -0.39 is 17.7 Å². The van der Waals surface area contributed by atoms with E-state index in [1.54, 1.807) is 12.2 Å². The number of unbranched alkanes of at least 4 members (excludes halogenated alkanes) is 4. The summed E-state index contributed by atoms with van der Waals surface area (Å²) in [5.74, 6) is -2.17. The van der Waals surface area contributed by atoms with Crippen molar-refractivity contribution in [1.29, 1.82) is 0 Å². The molecule has 0 aromatic carbocycles. The molecule has 0 aliphatic heterocycles. The van der Waals surface area contributed by atoms with Gasteiger partial charge < -0.3 is 16.4 Å². The molecule has 0 aromatic rings. The van der Waals surface area contributed by atoms with Gasteiger partial charge in [0.2, 0.25) is 29.5 Å². The minimum absolute atomic E-state index is 0.0432. The molecule has 0 fully saturated rings. The maximum Gasteiger partial charge on any atom is 0.246 e. The van der Waals surface area contributed by atoms with Crippen LogP contribution in [0.3, 0.4) is 0 Å². The number of nitrogens with one attached hydrogen (secondary N) is 2. The van der Waals surface area contributed by atoms with Crippen LogP contribution in [-0.2, 0) is 24.0 Å². The molecule has 0 radical (unpaired) electrons. The van der Waals surface area contributed by atoms with Crippen LogP contribution in [0.1, 0.15) is 77.6 Å². The standard InChI is InChI=1S/C25H46N6O8/c1-21(32)29(37)18-9-3-6-16-27-22(33)12-14-25(36)31(39)20-10-4-7-17-28-23(34)11-13-24(35)30(38)19-8-2-5-15-26/h4,10,37-39H,2-3,5-9,11-20,26H2,1H3,(H,27,33)(H,28,34)/b10-4+. The van der Waals surface area contributed by atoms with Gasteiger partial charge >= 0.3 is 0 Å². The summed E-state index contributed by atoms with van der Waals surface area (Å²) >= 11 is 0. The van der Waals surface area contributed by atoms with E-state index in [4.69, 9.17) is 5.73 Å². The maximum atomic E-state index is 11.9. The Balaban J connectivity index is 3.85. The Hall–Kier alpha value is -3.07. The molecule has 5 amide bonds. The fourth-order valence-electron chi connectivity index (χ4n) is 3.22. The van der Waals surface area contributed by atoms with Gasteiger partial charge in [0.15, 0.2) is 0 Å². The number of carbonyl (C=O) groups is 5. The molecule has 0 heterocycles. The lowest BCUT2D eigenvalue weighted by Gasteiger charge is -2.14. The molecule has 0 aromatic heterocycles. The minimum Gasteiger partial charge on any atom is -0.356 e. The van der Waals surface area contributed by atoms with Gasteiger partial charge in [-0.25, -0.2) is 15.2 Å². The zero-order valence-electron chi connectivity index (χ0n) is 23.0. The number of carbonyl (C=O) groups excluding carboxylic acids is 5. The lowest BCUT2D eigenvalue weighted by molar-refractivity contribution is -0.166. The molecular formula is C25H46N6O8. The fourth-order valence-corrected chi connectivity index (χ4v) is 3.22. The van der Waals surface area contributed by atoms with Crippen molar-refractivity contribution in [2.45, 2.75) is 77.6 Å². The molecule has 224 valence electrons. The van der Waals surface area contributed by atoms with Crippen molar-refractivity contribution < 1.29 is 39.6 Å². The Kier molecular flexibility index (Phi) is 21.1. The number of hydrogen-bond acceptors (Lipinski definition) is 9. The lowest BCUT2D eigenvalue weighted by atomic mass is 10.2. The van der Waals surface area contributed by atoms with Crippen LogP contribution in [0.15, 0.2) is 12.2 Å².